The summed E-state index contributed by atoms with van der Waals surface area (Å²) in [6.07, 6.45) is 1.59. The SMILES string of the molecule is Cc1nc2ccc(CN3CC(C)CN3C(=O)c3cc(Cl)ccc3-n3ncc(Br)n3)cc2s1. The number of aryl methyl sites for hydroxylation is 1. The van der Waals surface area contributed by atoms with Gasteiger partial charge in [-0.05, 0) is 64.7 Å². The molecule has 1 unspecified atom stereocenters. The number of hydrogen-bond acceptors (Lipinski definition) is 6. The Morgan fingerprint density at radius 1 is 1.25 bits per heavy atom. The largest absolute Gasteiger partial charge is 0.271 e. The first-order valence-electron chi connectivity index (χ1n) is 10.2. The Morgan fingerprint density at radius 3 is 2.88 bits per heavy atom. The second-order valence-electron chi connectivity index (χ2n) is 7.99. The summed E-state index contributed by atoms with van der Waals surface area (Å²) >= 11 is 11.3. The molecule has 10 heteroatoms. The molecular formula is C22H20BrClN6OS. The Bertz CT molecular complexity index is 1320. The van der Waals surface area contributed by atoms with Crippen LogP contribution < -0.4 is 0 Å². The van der Waals surface area contributed by atoms with Crippen LogP contribution >= 0.6 is 38.9 Å². The second-order valence-corrected chi connectivity index (χ2v) is 10.5. The van der Waals surface area contributed by atoms with Gasteiger partial charge in [0.25, 0.3) is 5.91 Å². The maximum Gasteiger partial charge on any atom is 0.270 e. The van der Waals surface area contributed by atoms with E-state index in [1.54, 1.807) is 35.7 Å². The molecule has 0 bridgehead atoms. The van der Waals surface area contributed by atoms with Crippen LogP contribution in [-0.4, -0.2) is 49.0 Å². The van der Waals surface area contributed by atoms with Crippen molar-refractivity contribution in [2.75, 3.05) is 13.1 Å². The van der Waals surface area contributed by atoms with E-state index in [2.05, 4.69) is 61.2 Å². The van der Waals surface area contributed by atoms with Gasteiger partial charge in [-0.1, -0.05) is 24.6 Å². The molecule has 5 rings (SSSR count). The number of fused-ring (bicyclic) bond motifs is 1. The van der Waals surface area contributed by atoms with Gasteiger partial charge in [0.1, 0.15) is 4.60 Å². The number of halogens is 2. The predicted molar refractivity (Wildman–Crippen MR) is 129 cm³/mol. The molecule has 0 radical (unpaired) electrons. The fourth-order valence-electron chi connectivity index (χ4n) is 4.03. The van der Waals surface area contributed by atoms with E-state index in [-0.39, 0.29) is 5.91 Å². The quantitative estimate of drug-likeness (QED) is 0.366. The third-order valence-electron chi connectivity index (χ3n) is 5.38. The number of nitrogens with zero attached hydrogens (tertiary/aromatic N) is 6. The molecule has 164 valence electrons. The van der Waals surface area contributed by atoms with Crippen molar-refractivity contribution in [2.24, 2.45) is 5.92 Å². The van der Waals surface area contributed by atoms with Crippen molar-refractivity contribution >= 4 is 55.0 Å². The van der Waals surface area contributed by atoms with Crippen LogP contribution in [0.25, 0.3) is 15.9 Å². The monoisotopic (exact) mass is 530 g/mol. The van der Waals surface area contributed by atoms with E-state index in [0.29, 0.717) is 39.9 Å². The number of hydrazine groups is 1. The molecule has 0 saturated carbocycles. The molecule has 0 N–H and O–H groups in total. The average Bonchev–Trinajstić information content (AvgIpc) is 3.44. The highest BCUT2D eigenvalue weighted by atomic mass is 79.9. The van der Waals surface area contributed by atoms with Crippen LogP contribution in [0.3, 0.4) is 0 Å². The smallest absolute Gasteiger partial charge is 0.270 e. The molecule has 32 heavy (non-hydrogen) atoms. The molecule has 0 aliphatic carbocycles. The summed E-state index contributed by atoms with van der Waals surface area (Å²) in [6.45, 7) is 6.25. The van der Waals surface area contributed by atoms with E-state index >= 15 is 0 Å². The van der Waals surface area contributed by atoms with E-state index < -0.39 is 0 Å². The van der Waals surface area contributed by atoms with Crippen LogP contribution in [0.5, 0.6) is 0 Å². The van der Waals surface area contributed by atoms with E-state index in [4.69, 9.17) is 11.6 Å². The fraction of sp³-hybridized carbons (Fsp3) is 0.273. The van der Waals surface area contributed by atoms with Gasteiger partial charge in [0.15, 0.2) is 0 Å². The number of carbonyl (C=O) groups is 1. The molecule has 0 spiro atoms. The Labute approximate surface area is 202 Å². The molecule has 1 fully saturated rings. The number of thiazole rings is 1. The summed E-state index contributed by atoms with van der Waals surface area (Å²) in [4.78, 5) is 19.7. The van der Waals surface area contributed by atoms with Gasteiger partial charge in [-0.15, -0.1) is 21.2 Å². The first-order valence-corrected chi connectivity index (χ1v) is 12.2. The topological polar surface area (TPSA) is 67.2 Å². The summed E-state index contributed by atoms with van der Waals surface area (Å²) in [6, 6.07) is 11.5. The Kier molecular flexibility index (Phi) is 5.75. The number of hydrogen-bond donors (Lipinski definition) is 0. The van der Waals surface area contributed by atoms with Crippen molar-refractivity contribution in [1.82, 2.24) is 30.0 Å². The van der Waals surface area contributed by atoms with Crippen LogP contribution in [0.2, 0.25) is 5.02 Å². The van der Waals surface area contributed by atoms with Gasteiger partial charge in [-0.2, -0.15) is 5.10 Å². The zero-order valence-corrected chi connectivity index (χ0v) is 20.7. The van der Waals surface area contributed by atoms with Crippen LogP contribution in [0.15, 0.2) is 47.2 Å². The zero-order valence-electron chi connectivity index (χ0n) is 17.5. The third kappa shape index (κ3) is 4.17. The van der Waals surface area contributed by atoms with Crippen LogP contribution in [0.1, 0.15) is 27.9 Å². The van der Waals surface area contributed by atoms with Crippen molar-refractivity contribution in [2.45, 2.75) is 20.4 Å². The average molecular weight is 532 g/mol. The van der Waals surface area contributed by atoms with Crippen LogP contribution in [-0.2, 0) is 6.54 Å². The first kappa shape index (κ1) is 21.5. The normalized spacial score (nSPS) is 16.9. The fourth-order valence-corrected chi connectivity index (χ4v) is 5.34. The number of benzene rings is 2. The maximum absolute atomic E-state index is 13.7. The van der Waals surface area contributed by atoms with Gasteiger partial charge in [-0.3, -0.25) is 9.80 Å². The minimum Gasteiger partial charge on any atom is -0.271 e. The minimum absolute atomic E-state index is 0.116. The number of rotatable bonds is 4. The van der Waals surface area contributed by atoms with E-state index in [1.807, 2.05) is 11.9 Å². The summed E-state index contributed by atoms with van der Waals surface area (Å²) in [5, 5.41) is 14.0. The molecule has 3 heterocycles. The van der Waals surface area contributed by atoms with Crippen molar-refractivity contribution in [3.05, 3.63) is 68.4 Å². The third-order valence-corrected chi connectivity index (χ3v) is 6.91. The number of aromatic nitrogens is 4. The van der Waals surface area contributed by atoms with Gasteiger partial charge in [0.05, 0.1) is 32.7 Å². The Balaban J connectivity index is 1.46. The van der Waals surface area contributed by atoms with Gasteiger partial charge < -0.3 is 0 Å². The standard InChI is InChI=1S/C22H20BrClN6OS/c1-13-10-28(12-15-3-5-18-20(7-15)32-14(2)26-18)29(11-13)22(31)17-8-16(24)4-6-19(17)30-25-9-21(23)27-30/h3-9,13H,10-12H2,1-2H3. The molecule has 2 aromatic heterocycles. The Morgan fingerprint density at radius 2 is 2.09 bits per heavy atom. The van der Waals surface area contributed by atoms with E-state index in [0.717, 1.165) is 27.3 Å². The van der Waals surface area contributed by atoms with E-state index in [1.165, 1.54) is 4.80 Å². The summed E-state index contributed by atoms with van der Waals surface area (Å²) in [5.41, 5.74) is 3.22. The molecule has 1 aliphatic heterocycles. The molecule has 1 amide bonds. The van der Waals surface area contributed by atoms with Gasteiger partial charge >= 0.3 is 0 Å². The predicted octanol–water partition coefficient (Wildman–Crippen LogP) is 5.11. The lowest BCUT2D eigenvalue weighted by molar-refractivity contribution is 0.0170. The molecule has 1 aliphatic rings. The minimum atomic E-state index is -0.116. The van der Waals surface area contributed by atoms with Gasteiger partial charge in [0.2, 0.25) is 0 Å². The number of amides is 1. The van der Waals surface area contributed by atoms with E-state index in [9.17, 15) is 4.79 Å². The molecule has 1 saturated heterocycles. The first-order chi connectivity index (χ1) is 15.4. The van der Waals surface area contributed by atoms with Gasteiger partial charge in [0, 0.05) is 24.7 Å². The molecule has 2 aromatic carbocycles. The van der Waals surface area contributed by atoms with Gasteiger partial charge in [-0.25, -0.2) is 9.99 Å². The zero-order chi connectivity index (χ0) is 22.4. The highest BCUT2D eigenvalue weighted by Gasteiger charge is 2.33. The lowest BCUT2D eigenvalue weighted by Gasteiger charge is -2.28. The van der Waals surface area contributed by atoms with Crippen LogP contribution in [0.4, 0.5) is 0 Å². The lowest BCUT2D eigenvalue weighted by atomic mass is 10.1. The maximum atomic E-state index is 13.7. The lowest BCUT2D eigenvalue weighted by Crippen LogP contribution is -2.41. The van der Waals surface area contributed by atoms with Crippen molar-refractivity contribution in [3.8, 4) is 5.69 Å². The number of carbonyl (C=O) groups excluding carboxylic acids is 1. The highest BCUT2D eigenvalue weighted by molar-refractivity contribution is 9.10. The molecule has 7 nitrogen and oxygen atoms in total. The summed E-state index contributed by atoms with van der Waals surface area (Å²) in [7, 11) is 0. The second kappa shape index (κ2) is 8.55. The Hall–Kier alpha value is -2.33. The van der Waals surface area contributed by atoms with Crippen molar-refractivity contribution < 1.29 is 4.79 Å². The molecule has 4 aromatic rings. The van der Waals surface area contributed by atoms with Crippen molar-refractivity contribution in [1.29, 1.82) is 0 Å². The highest BCUT2D eigenvalue weighted by Crippen LogP contribution is 2.28. The molecular weight excluding hydrogens is 512 g/mol. The molecule has 1 atom stereocenters. The summed E-state index contributed by atoms with van der Waals surface area (Å²) < 4.78 is 1.76. The summed E-state index contributed by atoms with van der Waals surface area (Å²) in [5.74, 6) is 0.239. The van der Waals surface area contributed by atoms with Crippen molar-refractivity contribution in [3.63, 3.8) is 0 Å². The van der Waals surface area contributed by atoms with Crippen LogP contribution in [0, 0.1) is 12.8 Å².